The molecular weight excluding hydrogens is 1040 g/mol. The number of aliphatic hydroxyl groups is 2. The van der Waals surface area contributed by atoms with Crippen LogP contribution >= 0.6 is 0 Å². The highest BCUT2D eigenvalue weighted by molar-refractivity contribution is 5.69. The molecule has 0 aromatic carbocycles. The summed E-state index contributed by atoms with van der Waals surface area (Å²) in [6, 6.07) is 1.10. The number of nitrogens with one attached hydrogen (secondary N) is 4. The molecule has 8 saturated carbocycles. The molecule has 0 bridgehead atoms. The molecule has 83 heavy (non-hydrogen) atoms. The minimum absolute atomic E-state index is 0.0718. The maximum atomic E-state index is 11.8. The first-order chi connectivity index (χ1) is 39.9. The van der Waals surface area contributed by atoms with E-state index in [0.717, 1.165) is 134 Å². The average Bonchev–Trinajstić information content (AvgIpc) is 3.00. The molecule has 0 amide bonds. The molecule has 0 aromatic heterocycles. The molecule has 1 heterocycles. The number of methoxy groups -OCH3 is 1. The van der Waals surface area contributed by atoms with Crippen molar-refractivity contribution in [3.63, 3.8) is 0 Å². The minimum Gasteiger partial charge on any atom is -0.481 e. The number of rotatable bonds is 29. The van der Waals surface area contributed by atoms with E-state index in [1.54, 1.807) is 0 Å². The molecule has 20 atom stereocenters. The molecule has 0 radical (unpaired) electrons. The van der Waals surface area contributed by atoms with Gasteiger partial charge in [-0.1, -0.05) is 41.5 Å². The number of hydrogen-bond acceptors (Lipinski definition) is 13. The van der Waals surface area contributed by atoms with Crippen LogP contribution in [0.4, 0.5) is 0 Å². The molecule has 11 N–H and O–H groups in total. The Morgan fingerprint density at radius 1 is 0.518 bits per heavy atom. The Bertz CT molecular complexity index is 1960. The SMILES string of the molecule is CC(CCC(=O)O)[C@H]1CCC2C3C[C@@H](O)[C@H]4C[C@@H](NCCCNCCCCNCCCN)CC[C@]4(C)C3CC[C@@]21C.COC(=O)CCC(C)[C@H]1CCC2C3C[C@@H](O)[C@H]4C[C@@H](NCCCN5CCN(CCCN)CC5)CC[C@]4(C)C3CC[C@@]21C. The molecular formula is C69H128N8O6. The summed E-state index contributed by atoms with van der Waals surface area (Å²) in [5.74, 6) is 6.70. The first-order valence-electron chi connectivity index (χ1n) is 35.3. The molecule has 14 heteroatoms. The van der Waals surface area contributed by atoms with Gasteiger partial charge in [0.05, 0.1) is 19.3 Å². The van der Waals surface area contributed by atoms with Crippen LogP contribution in [-0.4, -0.2) is 160 Å². The molecule has 8 aliphatic carbocycles. The molecule has 1 saturated heterocycles. The summed E-state index contributed by atoms with van der Waals surface area (Å²) in [5, 5.41) is 47.4. The fourth-order valence-corrected chi connectivity index (χ4v) is 21.8. The first kappa shape index (κ1) is 67.5. The molecule has 9 aliphatic rings. The first-order valence-corrected chi connectivity index (χ1v) is 35.3. The summed E-state index contributed by atoms with van der Waals surface area (Å²) in [7, 11) is 1.50. The smallest absolute Gasteiger partial charge is 0.305 e. The van der Waals surface area contributed by atoms with Crippen molar-refractivity contribution in [2.75, 3.05) is 98.7 Å². The summed E-state index contributed by atoms with van der Waals surface area (Å²) >= 11 is 0. The number of aliphatic hydroxyl groups excluding tert-OH is 2. The number of piperazine rings is 1. The number of fused-ring (bicyclic) bond motifs is 10. The van der Waals surface area contributed by atoms with Crippen molar-refractivity contribution in [2.24, 2.45) is 104 Å². The van der Waals surface area contributed by atoms with Crippen molar-refractivity contribution >= 4 is 11.9 Å². The highest BCUT2D eigenvalue weighted by atomic mass is 16.5. The van der Waals surface area contributed by atoms with E-state index in [1.807, 2.05) is 0 Å². The number of carboxylic acid groups (broad SMARTS) is 1. The van der Waals surface area contributed by atoms with Gasteiger partial charge in [0.25, 0.3) is 0 Å². The molecule has 0 aromatic rings. The predicted octanol–water partition coefficient (Wildman–Crippen LogP) is 9.29. The Kier molecular flexibility index (Phi) is 25.5. The van der Waals surface area contributed by atoms with E-state index in [-0.39, 0.29) is 29.0 Å². The zero-order valence-electron chi connectivity index (χ0n) is 54.1. The Balaban J connectivity index is 0.000000217. The number of carbonyl (C=O) groups is 2. The third-order valence-corrected chi connectivity index (χ3v) is 26.4. The topological polar surface area (TPSA) is 211 Å². The standard InChI is InChI=1S/C35H64N4O3.C34H64N4O3/c1-25(7-10-33(41)42-4)28-8-9-29-27-24-32(40)31-23-26(11-13-35(31,3)30(27)12-14-34(28,29)2)37-16-6-18-39-21-19-38(20-22-39)17-5-15-36;1-24(8-11-32(40)41)27-9-10-28-26-23-31(39)30-22-25(12-14-34(30,3)29(26)13-15-33(27,28)2)38-21-7-20-37-18-5-4-17-36-19-6-16-35/h25-32,37,40H,5-24,36H2,1-4H3;24-31,36-39H,4-23,35H2,1-3H3,(H,40,41)/t25?,26-,27?,28+,29?,30?,31+,32+,34+,35+;24?,25-,26?,27+,28?,29?,30+,31+,33+,34+/m00/s1. The van der Waals surface area contributed by atoms with Gasteiger partial charge >= 0.3 is 11.9 Å². The Hall–Kier alpha value is -1.46. The molecule has 480 valence electrons. The largest absolute Gasteiger partial charge is 0.481 e. The summed E-state index contributed by atoms with van der Waals surface area (Å²) in [6.07, 6.45) is 28.9. The Morgan fingerprint density at radius 3 is 1.41 bits per heavy atom. The minimum atomic E-state index is -0.662. The lowest BCUT2D eigenvalue weighted by molar-refractivity contribution is -0.162. The number of ether oxygens (including phenoxy) is 1. The summed E-state index contributed by atoms with van der Waals surface area (Å²) in [6.45, 7) is 30.0. The quantitative estimate of drug-likeness (QED) is 0.0253. The van der Waals surface area contributed by atoms with Crippen molar-refractivity contribution in [2.45, 2.75) is 233 Å². The fraction of sp³-hybridized carbons (Fsp3) is 0.971. The van der Waals surface area contributed by atoms with Crippen LogP contribution < -0.4 is 32.7 Å². The van der Waals surface area contributed by atoms with Crippen LogP contribution in [0.15, 0.2) is 0 Å². The second-order valence-corrected chi connectivity index (χ2v) is 30.8. The van der Waals surface area contributed by atoms with Gasteiger partial charge in [-0.05, 0) is 312 Å². The molecule has 0 spiro atoms. The number of nitrogens with zero attached hydrogens (tertiary/aromatic N) is 2. The van der Waals surface area contributed by atoms with Crippen molar-refractivity contribution < 1.29 is 29.6 Å². The average molecular weight is 1170 g/mol. The van der Waals surface area contributed by atoms with Gasteiger partial charge in [0.2, 0.25) is 0 Å². The summed E-state index contributed by atoms with van der Waals surface area (Å²) in [5.41, 5.74) is 12.4. The van der Waals surface area contributed by atoms with Gasteiger partial charge in [-0.2, -0.15) is 0 Å². The number of hydrogen-bond donors (Lipinski definition) is 9. The number of nitrogens with two attached hydrogens (primary N) is 2. The Morgan fingerprint density at radius 2 is 0.940 bits per heavy atom. The lowest BCUT2D eigenvalue weighted by Crippen LogP contribution is -2.59. The predicted molar refractivity (Wildman–Crippen MR) is 338 cm³/mol. The van der Waals surface area contributed by atoms with Crippen molar-refractivity contribution in [3.05, 3.63) is 0 Å². The van der Waals surface area contributed by atoms with E-state index >= 15 is 0 Å². The lowest BCUT2D eigenvalue weighted by Gasteiger charge is -2.62. The zero-order chi connectivity index (χ0) is 59.4. The van der Waals surface area contributed by atoms with Crippen molar-refractivity contribution in [1.29, 1.82) is 0 Å². The van der Waals surface area contributed by atoms with Crippen LogP contribution in [0, 0.1) is 92.7 Å². The third-order valence-electron chi connectivity index (χ3n) is 26.4. The molecule has 9 fully saturated rings. The van der Waals surface area contributed by atoms with Gasteiger partial charge in [0.15, 0.2) is 0 Å². The zero-order valence-corrected chi connectivity index (χ0v) is 54.1. The molecule has 14 nitrogen and oxygen atoms in total. The van der Waals surface area contributed by atoms with E-state index in [9.17, 15) is 24.9 Å². The summed E-state index contributed by atoms with van der Waals surface area (Å²) in [4.78, 5) is 28.2. The highest BCUT2D eigenvalue weighted by Crippen LogP contribution is 2.70. The third kappa shape index (κ3) is 16.1. The van der Waals surface area contributed by atoms with Crippen LogP contribution in [0.3, 0.4) is 0 Å². The van der Waals surface area contributed by atoms with E-state index < -0.39 is 5.97 Å². The van der Waals surface area contributed by atoms with E-state index in [4.69, 9.17) is 16.2 Å². The van der Waals surface area contributed by atoms with Gasteiger partial charge < -0.3 is 62.6 Å². The lowest BCUT2D eigenvalue weighted by atomic mass is 9.43. The Labute approximate surface area is 506 Å². The highest BCUT2D eigenvalue weighted by Gasteiger charge is 2.64. The second kappa shape index (κ2) is 31.3. The second-order valence-electron chi connectivity index (χ2n) is 30.8. The van der Waals surface area contributed by atoms with Crippen molar-refractivity contribution in [1.82, 2.24) is 31.1 Å². The number of carboxylic acids is 1. The maximum absolute atomic E-state index is 11.8. The van der Waals surface area contributed by atoms with E-state index in [0.29, 0.717) is 89.0 Å². The number of esters is 1. The van der Waals surface area contributed by atoms with Crippen LogP contribution in [0.5, 0.6) is 0 Å². The van der Waals surface area contributed by atoms with Gasteiger partial charge in [-0.3, -0.25) is 9.59 Å². The number of carbonyl (C=O) groups excluding carboxylic acids is 1. The summed E-state index contributed by atoms with van der Waals surface area (Å²) < 4.78 is 4.93. The van der Waals surface area contributed by atoms with Crippen LogP contribution in [0.2, 0.25) is 0 Å². The van der Waals surface area contributed by atoms with E-state index in [1.165, 1.54) is 136 Å². The van der Waals surface area contributed by atoms with Gasteiger partial charge in [-0.15, -0.1) is 0 Å². The van der Waals surface area contributed by atoms with Gasteiger partial charge in [0.1, 0.15) is 0 Å². The van der Waals surface area contributed by atoms with Gasteiger partial charge in [-0.25, -0.2) is 0 Å². The van der Waals surface area contributed by atoms with Gasteiger partial charge in [0, 0.05) is 51.1 Å². The van der Waals surface area contributed by atoms with Crippen LogP contribution in [0.1, 0.15) is 208 Å². The number of aliphatic carboxylic acids is 1. The molecule has 1 aliphatic heterocycles. The molecule has 9 rings (SSSR count). The van der Waals surface area contributed by atoms with Crippen LogP contribution in [-0.2, 0) is 14.3 Å². The monoisotopic (exact) mass is 1160 g/mol. The molecule has 8 unspecified atom stereocenters. The number of unbranched alkanes of at least 4 members (excludes halogenated alkanes) is 1. The fourth-order valence-electron chi connectivity index (χ4n) is 21.8. The van der Waals surface area contributed by atoms with Crippen molar-refractivity contribution in [3.8, 4) is 0 Å². The normalized spacial score (nSPS) is 40.3. The van der Waals surface area contributed by atoms with E-state index in [2.05, 4.69) is 72.6 Å². The van der Waals surface area contributed by atoms with Crippen LogP contribution in [0.25, 0.3) is 0 Å². The maximum Gasteiger partial charge on any atom is 0.305 e.